The number of benzene rings is 1. The molecule has 3 rings (SSSR count). The Kier molecular flexibility index (Phi) is 7.17. The number of nitrogens with zero attached hydrogens (tertiary/aromatic N) is 3. The maximum Gasteiger partial charge on any atom is 0.410 e. The quantitative estimate of drug-likeness (QED) is 0.710. The van der Waals surface area contributed by atoms with Crippen LogP contribution in [0.3, 0.4) is 0 Å². The van der Waals surface area contributed by atoms with Crippen molar-refractivity contribution in [2.45, 2.75) is 46.1 Å². The number of hydrogen-bond acceptors (Lipinski definition) is 6. The molecule has 2 amide bonds. The lowest BCUT2D eigenvalue weighted by Gasteiger charge is -2.33. The molecule has 1 fully saturated rings. The number of likely N-dealkylation sites (tertiary alicyclic amines) is 1. The predicted octanol–water partition coefficient (Wildman–Crippen LogP) is 3.63. The Morgan fingerprint density at radius 1 is 1.22 bits per heavy atom. The monoisotopic (exact) mass is 442 g/mol. The third-order valence-corrected chi connectivity index (χ3v) is 4.90. The number of anilines is 1. The van der Waals surface area contributed by atoms with Crippen LogP contribution < -0.4 is 5.32 Å². The van der Waals surface area contributed by atoms with Crippen LogP contribution in [0.4, 0.5) is 10.5 Å². The molecule has 0 unspecified atom stereocenters. The van der Waals surface area contributed by atoms with Gasteiger partial charge in [0, 0.05) is 25.0 Å². The molecule has 0 aliphatic carbocycles. The van der Waals surface area contributed by atoms with Crippen LogP contribution in [0.5, 0.6) is 0 Å². The fourth-order valence-corrected chi connectivity index (χ4v) is 3.44. The highest BCUT2D eigenvalue weighted by Gasteiger charge is 2.31. The molecule has 0 spiro atoms. The van der Waals surface area contributed by atoms with Crippen molar-refractivity contribution < 1.29 is 23.9 Å². The van der Waals surface area contributed by atoms with Crippen LogP contribution in [0, 0.1) is 5.92 Å². The van der Waals surface area contributed by atoms with Crippen molar-refractivity contribution in [3.63, 3.8) is 0 Å². The smallest absolute Gasteiger partial charge is 0.410 e. The van der Waals surface area contributed by atoms with Crippen molar-refractivity contribution in [1.29, 1.82) is 0 Å². The van der Waals surface area contributed by atoms with Gasteiger partial charge in [-0.15, -0.1) is 0 Å². The summed E-state index contributed by atoms with van der Waals surface area (Å²) in [5.74, 6) is -0.953. The van der Waals surface area contributed by atoms with Crippen molar-refractivity contribution >= 4 is 23.7 Å². The Labute approximate surface area is 187 Å². The lowest BCUT2D eigenvalue weighted by Crippen LogP contribution is -2.45. The maximum absolute atomic E-state index is 12.9. The van der Waals surface area contributed by atoms with Gasteiger partial charge in [-0.1, -0.05) is 6.07 Å². The molecule has 9 heteroatoms. The number of amides is 2. The summed E-state index contributed by atoms with van der Waals surface area (Å²) in [6, 6.07) is 8.75. The molecular formula is C23H30N4O5. The van der Waals surface area contributed by atoms with Crippen LogP contribution in [0.15, 0.2) is 36.5 Å². The third-order valence-electron chi connectivity index (χ3n) is 4.90. The second-order valence-corrected chi connectivity index (χ2v) is 8.67. The third kappa shape index (κ3) is 6.09. The van der Waals surface area contributed by atoms with Crippen molar-refractivity contribution in [3.8, 4) is 5.69 Å². The number of carbonyl (C=O) groups is 3. The number of ether oxygens (including phenoxy) is 2. The summed E-state index contributed by atoms with van der Waals surface area (Å²) in [5, 5.41) is 7.17. The Morgan fingerprint density at radius 2 is 2.00 bits per heavy atom. The van der Waals surface area contributed by atoms with Gasteiger partial charge in [-0.05, 0) is 64.8 Å². The van der Waals surface area contributed by atoms with Crippen LogP contribution in [0.1, 0.15) is 51.0 Å². The van der Waals surface area contributed by atoms with E-state index in [1.165, 1.54) is 0 Å². The first-order chi connectivity index (χ1) is 15.2. The minimum atomic E-state index is -0.577. The molecule has 2 heterocycles. The summed E-state index contributed by atoms with van der Waals surface area (Å²) in [4.78, 5) is 38.7. The zero-order valence-corrected chi connectivity index (χ0v) is 19.0. The van der Waals surface area contributed by atoms with E-state index in [4.69, 9.17) is 9.47 Å². The zero-order chi connectivity index (χ0) is 23.3. The van der Waals surface area contributed by atoms with Gasteiger partial charge in [-0.2, -0.15) is 5.10 Å². The lowest BCUT2D eigenvalue weighted by atomic mass is 9.97. The minimum Gasteiger partial charge on any atom is -0.461 e. The molecule has 1 atom stereocenters. The van der Waals surface area contributed by atoms with Gasteiger partial charge < -0.3 is 19.7 Å². The number of carbonyl (C=O) groups excluding carboxylic acids is 3. The highest BCUT2D eigenvalue weighted by molar-refractivity contribution is 5.93. The highest BCUT2D eigenvalue weighted by atomic mass is 16.6. The number of hydrogen-bond donors (Lipinski definition) is 1. The van der Waals surface area contributed by atoms with Gasteiger partial charge in [0.25, 0.3) is 0 Å². The van der Waals surface area contributed by atoms with Crippen LogP contribution in [-0.4, -0.2) is 57.9 Å². The average Bonchev–Trinajstić information content (AvgIpc) is 3.23. The maximum atomic E-state index is 12.9. The number of aromatic nitrogens is 2. The second kappa shape index (κ2) is 9.84. The summed E-state index contributed by atoms with van der Waals surface area (Å²) in [6.07, 6.45) is 2.70. The molecule has 1 aromatic carbocycles. The molecule has 0 radical (unpaired) electrons. The first-order valence-corrected chi connectivity index (χ1v) is 10.8. The fraction of sp³-hybridized carbons (Fsp3) is 0.478. The first kappa shape index (κ1) is 23.3. The van der Waals surface area contributed by atoms with Gasteiger partial charge in [-0.25, -0.2) is 14.3 Å². The minimum absolute atomic E-state index is 0.150. The van der Waals surface area contributed by atoms with E-state index in [-0.39, 0.29) is 24.1 Å². The normalized spacial score (nSPS) is 16.4. The Balaban J connectivity index is 1.64. The molecule has 9 nitrogen and oxygen atoms in total. The van der Waals surface area contributed by atoms with E-state index in [1.807, 2.05) is 26.8 Å². The molecular weight excluding hydrogens is 412 g/mol. The molecule has 0 saturated carbocycles. The molecule has 1 saturated heterocycles. The average molecular weight is 443 g/mol. The van der Waals surface area contributed by atoms with Gasteiger partial charge in [0.05, 0.1) is 18.2 Å². The molecule has 2 aromatic rings. The van der Waals surface area contributed by atoms with Gasteiger partial charge in [0.15, 0.2) is 5.69 Å². The van der Waals surface area contributed by atoms with Gasteiger partial charge in [0.2, 0.25) is 5.91 Å². The van der Waals surface area contributed by atoms with Crippen molar-refractivity contribution in [3.05, 3.63) is 42.2 Å². The van der Waals surface area contributed by atoms with Crippen LogP contribution in [-0.2, 0) is 14.3 Å². The van der Waals surface area contributed by atoms with Gasteiger partial charge >= 0.3 is 12.1 Å². The summed E-state index contributed by atoms with van der Waals surface area (Å²) in [7, 11) is 0. The number of esters is 1. The number of rotatable bonds is 5. The van der Waals surface area contributed by atoms with Crippen molar-refractivity contribution in [2.24, 2.45) is 5.92 Å². The molecule has 1 aliphatic rings. The van der Waals surface area contributed by atoms with E-state index in [2.05, 4.69) is 10.4 Å². The van der Waals surface area contributed by atoms with Crippen molar-refractivity contribution in [1.82, 2.24) is 14.7 Å². The van der Waals surface area contributed by atoms with E-state index < -0.39 is 17.7 Å². The van der Waals surface area contributed by atoms with E-state index in [0.717, 1.165) is 6.42 Å². The van der Waals surface area contributed by atoms with Gasteiger partial charge in [-0.3, -0.25) is 4.79 Å². The summed E-state index contributed by atoms with van der Waals surface area (Å²) < 4.78 is 11.9. The predicted molar refractivity (Wildman–Crippen MR) is 119 cm³/mol. The standard InChI is InChI=1S/C23H30N4O5/c1-5-31-21(29)19-11-13-27(25-19)18-10-6-9-17(14-18)24-20(28)16-8-7-12-26(15-16)22(30)32-23(2,3)4/h6,9-11,13-14,16H,5,7-8,12,15H2,1-4H3,(H,24,28)/t16-/m1/s1. The molecule has 172 valence electrons. The zero-order valence-electron chi connectivity index (χ0n) is 19.0. The second-order valence-electron chi connectivity index (χ2n) is 8.67. The van der Waals surface area contributed by atoms with Crippen LogP contribution >= 0.6 is 0 Å². The lowest BCUT2D eigenvalue weighted by molar-refractivity contribution is -0.121. The summed E-state index contributed by atoms with van der Waals surface area (Å²) >= 11 is 0. The Morgan fingerprint density at radius 3 is 2.72 bits per heavy atom. The Bertz CT molecular complexity index is 979. The van der Waals surface area contributed by atoms with Crippen LogP contribution in [0.25, 0.3) is 5.69 Å². The molecule has 1 N–H and O–H groups in total. The molecule has 0 bridgehead atoms. The van der Waals surface area contributed by atoms with Gasteiger partial charge in [0.1, 0.15) is 5.60 Å². The summed E-state index contributed by atoms with van der Waals surface area (Å²) in [6.45, 7) is 8.38. The largest absolute Gasteiger partial charge is 0.461 e. The van der Waals surface area contributed by atoms with E-state index >= 15 is 0 Å². The first-order valence-electron chi connectivity index (χ1n) is 10.8. The fourth-order valence-electron chi connectivity index (χ4n) is 3.44. The SMILES string of the molecule is CCOC(=O)c1ccn(-c2cccc(NC(=O)[C@@H]3CCCN(C(=O)OC(C)(C)C)C3)c2)n1. The van der Waals surface area contributed by atoms with E-state index in [0.29, 0.717) is 30.9 Å². The Hall–Kier alpha value is -3.36. The number of nitrogens with one attached hydrogen (secondary N) is 1. The van der Waals surface area contributed by atoms with Crippen molar-refractivity contribution in [2.75, 3.05) is 25.0 Å². The molecule has 32 heavy (non-hydrogen) atoms. The van der Waals surface area contributed by atoms with E-state index in [1.54, 1.807) is 47.0 Å². The molecule has 1 aromatic heterocycles. The van der Waals surface area contributed by atoms with Crippen LogP contribution in [0.2, 0.25) is 0 Å². The highest BCUT2D eigenvalue weighted by Crippen LogP contribution is 2.22. The summed E-state index contributed by atoms with van der Waals surface area (Å²) in [5.41, 5.74) is 0.935. The molecule has 1 aliphatic heterocycles. The topological polar surface area (TPSA) is 103 Å². The van der Waals surface area contributed by atoms with E-state index in [9.17, 15) is 14.4 Å². The number of piperidine rings is 1.